The Hall–Kier alpha value is -2.46. The molecule has 4 heteroatoms. The number of halogens is 1. The molecule has 0 fully saturated rings. The third kappa shape index (κ3) is 2.55. The summed E-state index contributed by atoms with van der Waals surface area (Å²) in [5.74, 6) is -0.675. The second kappa shape index (κ2) is 5.97. The molecular formula is C19H18FNO2. The van der Waals surface area contributed by atoms with E-state index in [0.717, 1.165) is 10.9 Å². The number of hydrogen-bond donors (Lipinski definition) is 1. The Morgan fingerprint density at radius 3 is 2.65 bits per heavy atom. The van der Waals surface area contributed by atoms with E-state index in [-0.39, 0.29) is 5.78 Å². The van der Waals surface area contributed by atoms with E-state index in [0.29, 0.717) is 23.2 Å². The van der Waals surface area contributed by atoms with Crippen molar-refractivity contribution in [3.05, 3.63) is 71.2 Å². The second-order valence-electron chi connectivity index (χ2n) is 5.58. The second-order valence-corrected chi connectivity index (χ2v) is 5.58. The Balaban J connectivity index is 2.25. The summed E-state index contributed by atoms with van der Waals surface area (Å²) in [7, 11) is 0. The summed E-state index contributed by atoms with van der Waals surface area (Å²) >= 11 is 0. The van der Waals surface area contributed by atoms with Crippen LogP contribution < -0.4 is 0 Å². The number of aromatic nitrogens is 1. The molecule has 3 nitrogen and oxygen atoms in total. The third-order valence-electron chi connectivity index (χ3n) is 4.13. The van der Waals surface area contributed by atoms with Crippen LogP contribution in [0.5, 0.6) is 0 Å². The highest BCUT2D eigenvalue weighted by Crippen LogP contribution is 2.31. The summed E-state index contributed by atoms with van der Waals surface area (Å²) < 4.78 is 15.2. The van der Waals surface area contributed by atoms with Crippen molar-refractivity contribution < 1.29 is 14.3 Å². The molecule has 0 aliphatic heterocycles. The average molecular weight is 311 g/mol. The number of carbonyl (C=O) groups is 1. The Kier molecular flexibility index (Phi) is 4.01. The fraction of sp³-hybridized carbons (Fsp3) is 0.211. The lowest BCUT2D eigenvalue weighted by atomic mass is 10.0. The van der Waals surface area contributed by atoms with Crippen molar-refractivity contribution >= 4 is 16.7 Å². The van der Waals surface area contributed by atoms with E-state index >= 15 is 0 Å². The van der Waals surface area contributed by atoms with Gasteiger partial charge in [-0.25, -0.2) is 4.39 Å². The zero-order valence-electron chi connectivity index (χ0n) is 13.1. The van der Waals surface area contributed by atoms with Gasteiger partial charge in [-0.2, -0.15) is 0 Å². The van der Waals surface area contributed by atoms with Crippen LogP contribution in [-0.4, -0.2) is 15.5 Å². The number of aliphatic hydroxyl groups excluding tert-OH is 1. The molecule has 0 spiro atoms. The minimum Gasteiger partial charge on any atom is -0.373 e. The highest BCUT2D eigenvalue weighted by atomic mass is 19.1. The maximum atomic E-state index is 13.4. The fourth-order valence-corrected chi connectivity index (χ4v) is 3.02. The molecule has 118 valence electrons. The molecule has 23 heavy (non-hydrogen) atoms. The molecule has 0 bridgehead atoms. The van der Waals surface area contributed by atoms with Crippen molar-refractivity contribution in [2.24, 2.45) is 0 Å². The molecule has 1 unspecified atom stereocenters. The van der Waals surface area contributed by atoms with Crippen molar-refractivity contribution in [2.45, 2.75) is 26.5 Å². The summed E-state index contributed by atoms with van der Waals surface area (Å²) in [5.41, 5.74) is 2.31. The van der Waals surface area contributed by atoms with E-state index in [1.54, 1.807) is 10.6 Å². The van der Waals surface area contributed by atoms with Crippen LogP contribution in [0.1, 0.15) is 41.2 Å². The fourth-order valence-electron chi connectivity index (χ4n) is 3.02. The van der Waals surface area contributed by atoms with Crippen molar-refractivity contribution in [3.63, 3.8) is 0 Å². The maximum absolute atomic E-state index is 13.4. The number of para-hydroxylation sites is 1. The van der Waals surface area contributed by atoms with Crippen molar-refractivity contribution in [2.75, 3.05) is 0 Å². The molecule has 2 aromatic carbocycles. The zero-order chi connectivity index (χ0) is 16.6. The minimum atomic E-state index is -0.700. The molecule has 0 saturated heterocycles. The van der Waals surface area contributed by atoms with Gasteiger partial charge in [0.25, 0.3) is 0 Å². The number of carbonyl (C=O) groups excluding carboxylic acids is 1. The van der Waals surface area contributed by atoms with Gasteiger partial charge in [0.05, 0.1) is 11.1 Å². The highest BCUT2D eigenvalue weighted by molar-refractivity contribution is 6.17. The van der Waals surface area contributed by atoms with Crippen molar-refractivity contribution in [1.82, 2.24) is 4.57 Å². The van der Waals surface area contributed by atoms with Crippen LogP contribution in [0.4, 0.5) is 4.39 Å². The lowest BCUT2D eigenvalue weighted by Gasteiger charge is -2.14. The highest BCUT2D eigenvalue weighted by Gasteiger charge is 2.23. The molecule has 3 rings (SSSR count). The molecule has 0 amide bonds. The van der Waals surface area contributed by atoms with Gasteiger partial charge in [0.1, 0.15) is 12.0 Å². The quantitative estimate of drug-likeness (QED) is 0.733. The van der Waals surface area contributed by atoms with E-state index in [2.05, 4.69) is 0 Å². The van der Waals surface area contributed by atoms with Gasteiger partial charge in [0, 0.05) is 16.6 Å². The number of aliphatic hydroxyl groups is 1. The van der Waals surface area contributed by atoms with Crippen molar-refractivity contribution in [3.8, 4) is 0 Å². The Morgan fingerprint density at radius 2 is 1.96 bits per heavy atom. The van der Waals surface area contributed by atoms with Crippen molar-refractivity contribution in [1.29, 1.82) is 0 Å². The molecule has 3 aromatic rings. The SMILES string of the molecule is CCC(O)n1c(C)c(C(=O)c2cccc(F)c2)c2ccccc21. The van der Waals surface area contributed by atoms with E-state index in [1.165, 1.54) is 18.2 Å². The molecule has 1 aromatic heterocycles. The maximum Gasteiger partial charge on any atom is 0.195 e. The molecule has 0 aliphatic carbocycles. The molecule has 1 heterocycles. The van der Waals surface area contributed by atoms with Gasteiger partial charge in [-0.3, -0.25) is 4.79 Å². The van der Waals surface area contributed by atoms with Crippen LogP contribution in [0.2, 0.25) is 0 Å². The zero-order valence-corrected chi connectivity index (χ0v) is 13.1. The van der Waals surface area contributed by atoms with Gasteiger partial charge in [-0.15, -0.1) is 0 Å². The number of rotatable bonds is 4. The lowest BCUT2D eigenvalue weighted by Crippen LogP contribution is -2.10. The monoisotopic (exact) mass is 311 g/mol. The van der Waals surface area contributed by atoms with Crippen LogP contribution in [0.3, 0.4) is 0 Å². The van der Waals surface area contributed by atoms with Gasteiger partial charge < -0.3 is 9.67 Å². The Labute approximate surface area is 134 Å². The minimum absolute atomic E-state index is 0.236. The summed E-state index contributed by atoms with van der Waals surface area (Å²) in [6.07, 6.45) is -0.165. The third-order valence-corrected chi connectivity index (χ3v) is 4.13. The first kappa shape index (κ1) is 15.4. The molecule has 0 radical (unpaired) electrons. The van der Waals surface area contributed by atoms with Crippen LogP contribution in [0.25, 0.3) is 10.9 Å². The topological polar surface area (TPSA) is 42.2 Å². The normalized spacial score (nSPS) is 12.5. The number of fused-ring (bicyclic) bond motifs is 1. The first-order chi connectivity index (χ1) is 11.0. The van der Waals surface area contributed by atoms with E-state index < -0.39 is 12.0 Å². The first-order valence-electron chi connectivity index (χ1n) is 7.62. The Bertz CT molecular complexity index is 882. The van der Waals surface area contributed by atoms with Gasteiger partial charge >= 0.3 is 0 Å². The van der Waals surface area contributed by atoms with Gasteiger partial charge in [0.15, 0.2) is 5.78 Å². The summed E-state index contributed by atoms with van der Waals surface area (Å²) in [6.45, 7) is 3.69. The number of hydrogen-bond acceptors (Lipinski definition) is 2. The molecule has 0 aliphatic rings. The smallest absolute Gasteiger partial charge is 0.195 e. The van der Waals surface area contributed by atoms with E-state index in [1.807, 2.05) is 38.1 Å². The summed E-state index contributed by atoms with van der Waals surface area (Å²) in [4.78, 5) is 12.9. The van der Waals surface area contributed by atoms with E-state index in [9.17, 15) is 14.3 Å². The largest absolute Gasteiger partial charge is 0.373 e. The van der Waals surface area contributed by atoms with Crippen LogP contribution >= 0.6 is 0 Å². The number of benzene rings is 2. The summed E-state index contributed by atoms with van der Waals surface area (Å²) in [6, 6.07) is 13.1. The van der Waals surface area contributed by atoms with Crippen LogP contribution in [0.15, 0.2) is 48.5 Å². The number of ketones is 1. The van der Waals surface area contributed by atoms with Gasteiger partial charge in [-0.05, 0) is 31.5 Å². The van der Waals surface area contributed by atoms with Crippen LogP contribution in [-0.2, 0) is 0 Å². The Morgan fingerprint density at radius 1 is 1.22 bits per heavy atom. The first-order valence-corrected chi connectivity index (χ1v) is 7.62. The number of nitrogens with zero attached hydrogens (tertiary/aromatic N) is 1. The molecule has 1 N–H and O–H groups in total. The van der Waals surface area contributed by atoms with Gasteiger partial charge in [-0.1, -0.05) is 37.3 Å². The predicted molar refractivity (Wildman–Crippen MR) is 88.1 cm³/mol. The lowest BCUT2D eigenvalue weighted by molar-refractivity contribution is 0.100. The molecule has 0 saturated carbocycles. The molecular weight excluding hydrogens is 293 g/mol. The standard InChI is InChI=1S/C19H18FNO2/c1-3-17(22)21-12(2)18(15-9-4-5-10-16(15)21)19(23)13-7-6-8-14(20)11-13/h4-11,17,22H,3H2,1-2H3. The summed E-state index contributed by atoms with van der Waals surface area (Å²) in [5, 5.41) is 11.1. The van der Waals surface area contributed by atoms with Crippen LogP contribution in [0, 0.1) is 12.7 Å². The van der Waals surface area contributed by atoms with Gasteiger partial charge in [0.2, 0.25) is 0 Å². The average Bonchev–Trinajstić information content (AvgIpc) is 2.85. The van der Waals surface area contributed by atoms with E-state index in [4.69, 9.17) is 0 Å². The predicted octanol–water partition coefficient (Wildman–Crippen LogP) is 4.22. The molecule has 1 atom stereocenters.